The molecule has 0 saturated heterocycles. The zero-order valence-corrected chi connectivity index (χ0v) is 19.2. The summed E-state index contributed by atoms with van der Waals surface area (Å²) in [5, 5.41) is 11.4. The number of nitrogens with one attached hydrogen (secondary N) is 1. The normalized spacial score (nSPS) is 10.9. The van der Waals surface area contributed by atoms with Gasteiger partial charge in [0.25, 0.3) is 5.56 Å². The van der Waals surface area contributed by atoms with E-state index in [-0.39, 0.29) is 36.2 Å². The number of amides is 1. The number of rotatable bonds is 7. The van der Waals surface area contributed by atoms with Gasteiger partial charge in [-0.15, -0.1) is 0 Å². The zero-order valence-electron chi connectivity index (χ0n) is 18.5. The van der Waals surface area contributed by atoms with Gasteiger partial charge in [0.15, 0.2) is 5.69 Å². The Kier molecular flexibility index (Phi) is 6.69. The Morgan fingerprint density at radius 3 is 2.65 bits per heavy atom. The van der Waals surface area contributed by atoms with Crippen LogP contribution in [-0.2, 0) is 24.8 Å². The summed E-state index contributed by atoms with van der Waals surface area (Å²) in [6.07, 6.45) is 0.281. The molecule has 1 amide bonds. The predicted octanol–water partition coefficient (Wildman–Crippen LogP) is 2.19. The van der Waals surface area contributed by atoms with E-state index in [1.54, 1.807) is 24.3 Å². The molecular weight excluding hydrogens is 460 g/mol. The lowest BCUT2D eigenvalue weighted by Crippen LogP contribution is -2.40. The maximum absolute atomic E-state index is 12.6. The van der Waals surface area contributed by atoms with Crippen LogP contribution in [0, 0.1) is 6.92 Å². The number of nitrogens with zero attached hydrogens (tertiary/aromatic N) is 5. The minimum absolute atomic E-state index is 0.0594. The van der Waals surface area contributed by atoms with Gasteiger partial charge in [-0.1, -0.05) is 46.6 Å². The standard InChI is InChI=1S/C23H21ClN6O4/c1-14-6-8-17(9-7-14)30-23(33)29(2)22(32)20(27-30)21-26-19(34-28-21)11-10-18(31)25-13-15-4-3-5-16(24)12-15/h3-9,12H,10-11,13H2,1-2H3,(H,25,31). The van der Waals surface area contributed by atoms with E-state index in [1.807, 2.05) is 31.2 Å². The van der Waals surface area contributed by atoms with Crippen molar-refractivity contribution < 1.29 is 9.32 Å². The molecule has 4 aromatic rings. The molecule has 0 unspecified atom stereocenters. The Bertz CT molecular complexity index is 1460. The van der Waals surface area contributed by atoms with E-state index in [9.17, 15) is 14.4 Å². The lowest BCUT2D eigenvalue weighted by Gasteiger charge is -2.08. The third-order valence-electron chi connectivity index (χ3n) is 5.08. The van der Waals surface area contributed by atoms with Crippen LogP contribution < -0.4 is 16.6 Å². The average Bonchev–Trinajstić information content (AvgIpc) is 3.30. The number of hydrogen-bond acceptors (Lipinski definition) is 7. The van der Waals surface area contributed by atoms with Gasteiger partial charge in [-0.05, 0) is 36.8 Å². The number of benzene rings is 2. The minimum Gasteiger partial charge on any atom is -0.352 e. The molecule has 0 aliphatic carbocycles. The highest BCUT2D eigenvalue weighted by Gasteiger charge is 2.19. The van der Waals surface area contributed by atoms with Gasteiger partial charge in [-0.25, -0.2) is 4.79 Å². The monoisotopic (exact) mass is 480 g/mol. The van der Waals surface area contributed by atoms with Crippen LogP contribution in [0.3, 0.4) is 0 Å². The Morgan fingerprint density at radius 2 is 1.91 bits per heavy atom. The van der Waals surface area contributed by atoms with Gasteiger partial charge in [0.05, 0.1) is 5.69 Å². The Hall–Kier alpha value is -4.05. The number of halogens is 1. The van der Waals surface area contributed by atoms with Crippen molar-refractivity contribution in [2.75, 3.05) is 0 Å². The molecule has 2 aromatic carbocycles. The van der Waals surface area contributed by atoms with E-state index < -0.39 is 11.2 Å². The molecule has 0 spiro atoms. The molecule has 0 bridgehead atoms. The molecule has 4 rings (SSSR count). The van der Waals surface area contributed by atoms with Gasteiger partial charge in [-0.2, -0.15) is 14.8 Å². The molecule has 1 N–H and O–H groups in total. The van der Waals surface area contributed by atoms with Crippen molar-refractivity contribution in [3.8, 4) is 17.2 Å². The maximum atomic E-state index is 12.6. The SMILES string of the molecule is Cc1ccc(-n2nc(-c3noc(CCC(=O)NCc4cccc(Cl)c4)n3)c(=O)n(C)c2=O)cc1. The second kappa shape index (κ2) is 9.84. The topological polar surface area (TPSA) is 125 Å². The minimum atomic E-state index is -0.653. The van der Waals surface area contributed by atoms with Crippen LogP contribution in [0.15, 0.2) is 62.6 Å². The first kappa shape index (κ1) is 23.1. The molecular formula is C23H21ClN6O4. The lowest BCUT2D eigenvalue weighted by atomic mass is 10.2. The fraction of sp³-hybridized carbons (Fsp3) is 0.217. The van der Waals surface area contributed by atoms with Gasteiger partial charge in [0.1, 0.15) is 0 Å². The number of aryl methyl sites for hydroxylation is 2. The second-order valence-corrected chi connectivity index (χ2v) is 8.10. The lowest BCUT2D eigenvalue weighted by molar-refractivity contribution is -0.121. The highest BCUT2D eigenvalue weighted by Crippen LogP contribution is 2.12. The largest absolute Gasteiger partial charge is 0.352 e. The van der Waals surface area contributed by atoms with Crippen molar-refractivity contribution in [1.29, 1.82) is 0 Å². The van der Waals surface area contributed by atoms with Gasteiger partial charge < -0.3 is 9.84 Å². The van der Waals surface area contributed by atoms with Gasteiger partial charge >= 0.3 is 5.69 Å². The Labute approximate surface area is 198 Å². The van der Waals surface area contributed by atoms with E-state index in [0.717, 1.165) is 20.4 Å². The van der Waals surface area contributed by atoms with E-state index in [2.05, 4.69) is 20.6 Å². The maximum Gasteiger partial charge on any atom is 0.351 e. The molecule has 10 nitrogen and oxygen atoms in total. The first-order valence-corrected chi connectivity index (χ1v) is 10.8. The van der Waals surface area contributed by atoms with Crippen molar-refractivity contribution in [1.82, 2.24) is 29.8 Å². The molecule has 2 aromatic heterocycles. The van der Waals surface area contributed by atoms with Gasteiger partial charge in [-0.3, -0.25) is 14.2 Å². The second-order valence-electron chi connectivity index (χ2n) is 7.66. The summed E-state index contributed by atoms with van der Waals surface area (Å²) in [6.45, 7) is 2.26. The van der Waals surface area contributed by atoms with E-state index in [1.165, 1.54) is 7.05 Å². The van der Waals surface area contributed by atoms with Crippen LogP contribution in [0.2, 0.25) is 5.02 Å². The molecule has 0 fully saturated rings. The van der Waals surface area contributed by atoms with Crippen LogP contribution in [0.1, 0.15) is 23.4 Å². The molecule has 0 saturated carbocycles. The van der Waals surface area contributed by atoms with Crippen LogP contribution >= 0.6 is 11.6 Å². The summed E-state index contributed by atoms with van der Waals surface area (Å²) in [7, 11) is 1.35. The molecule has 0 atom stereocenters. The fourth-order valence-corrected chi connectivity index (χ4v) is 3.39. The average molecular weight is 481 g/mol. The number of carbonyl (C=O) groups excluding carboxylic acids is 1. The first-order valence-electron chi connectivity index (χ1n) is 10.4. The van der Waals surface area contributed by atoms with Crippen molar-refractivity contribution in [2.24, 2.45) is 7.05 Å². The van der Waals surface area contributed by atoms with Crippen LogP contribution in [-0.4, -0.2) is 30.4 Å². The molecule has 2 heterocycles. The molecule has 174 valence electrons. The van der Waals surface area contributed by atoms with Crippen LogP contribution in [0.25, 0.3) is 17.2 Å². The van der Waals surface area contributed by atoms with Gasteiger partial charge in [0, 0.05) is 31.5 Å². The summed E-state index contributed by atoms with van der Waals surface area (Å²) in [4.78, 5) is 41.6. The summed E-state index contributed by atoms with van der Waals surface area (Å²) in [5.41, 5.74) is 1.00. The summed E-state index contributed by atoms with van der Waals surface area (Å²) < 4.78 is 7.24. The predicted molar refractivity (Wildman–Crippen MR) is 125 cm³/mol. The van der Waals surface area contributed by atoms with Crippen molar-refractivity contribution >= 4 is 17.5 Å². The fourth-order valence-electron chi connectivity index (χ4n) is 3.18. The number of hydrogen-bond donors (Lipinski definition) is 1. The van der Waals surface area contributed by atoms with Crippen LogP contribution in [0.5, 0.6) is 0 Å². The molecule has 0 aliphatic rings. The first-order chi connectivity index (χ1) is 16.3. The third-order valence-corrected chi connectivity index (χ3v) is 5.31. The van der Waals surface area contributed by atoms with Gasteiger partial charge in [0.2, 0.25) is 17.6 Å². The highest BCUT2D eigenvalue weighted by atomic mass is 35.5. The molecule has 11 heteroatoms. The van der Waals surface area contributed by atoms with Crippen LogP contribution in [0.4, 0.5) is 0 Å². The molecule has 0 aliphatic heterocycles. The van der Waals surface area contributed by atoms with E-state index in [0.29, 0.717) is 17.3 Å². The van der Waals surface area contributed by atoms with Crippen molar-refractivity contribution in [3.63, 3.8) is 0 Å². The summed E-state index contributed by atoms with van der Waals surface area (Å²) in [5.74, 6) is -0.0951. The zero-order chi connectivity index (χ0) is 24.2. The van der Waals surface area contributed by atoms with E-state index >= 15 is 0 Å². The molecule has 34 heavy (non-hydrogen) atoms. The molecule has 0 radical (unpaired) electrons. The van der Waals surface area contributed by atoms with E-state index in [4.69, 9.17) is 16.1 Å². The van der Waals surface area contributed by atoms with Crippen molar-refractivity contribution in [2.45, 2.75) is 26.3 Å². The number of carbonyl (C=O) groups is 1. The quantitative estimate of drug-likeness (QED) is 0.429. The Balaban J connectivity index is 1.48. The summed E-state index contributed by atoms with van der Waals surface area (Å²) in [6, 6.07) is 14.3. The third kappa shape index (κ3) is 5.12. The highest BCUT2D eigenvalue weighted by molar-refractivity contribution is 6.30. The number of aromatic nitrogens is 5. The smallest absolute Gasteiger partial charge is 0.351 e. The summed E-state index contributed by atoms with van der Waals surface area (Å²) >= 11 is 5.95. The Morgan fingerprint density at radius 1 is 1.15 bits per heavy atom. The van der Waals surface area contributed by atoms with Crippen molar-refractivity contribution in [3.05, 3.63) is 91.4 Å².